The van der Waals surface area contributed by atoms with Gasteiger partial charge in [0.15, 0.2) is 0 Å². The standard InChI is InChI=1S/C16H17N3O5S/c1-9(2)6-12(16(21)22)17-14(20)13-8-25-15(18-13)10-4-3-5-11(7-10)19(23)24/h3-5,7-9,12H,6H2,1-2H3,(H,17,20)(H,21,22)/t12-/m1/s1. The Balaban J connectivity index is 2.17. The predicted molar refractivity (Wildman–Crippen MR) is 92.5 cm³/mol. The lowest BCUT2D eigenvalue weighted by molar-refractivity contribution is -0.384. The van der Waals surface area contributed by atoms with Crippen LogP contribution in [0.2, 0.25) is 0 Å². The molecule has 1 atom stereocenters. The lowest BCUT2D eigenvalue weighted by atomic mass is 10.0. The normalized spacial score (nSPS) is 12.0. The molecule has 1 aromatic heterocycles. The van der Waals surface area contributed by atoms with Gasteiger partial charge in [-0.1, -0.05) is 26.0 Å². The molecule has 0 aliphatic carbocycles. The maximum Gasteiger partial charge on any atom is 0.326 e. The second kappa shape index (κ2) is 7.84. The molecule has 1 aromatic carbocycles. The smallest absolute Gasteiger partial charge is 0.326 e. The summed E-state index contributed by atoms with van der Waals surface area (Å²) < 4.78 is 0. The van der Waals surface area contributed by atoms with Gasteiger partial charge in [0.05, 0.1) is 4.92 Å². The number of non-ortho nitro benzene ring substituents is 1. The molecule has 2 aromatic rings. The molecule has 1 heterocycles. The van der Waals surface area contributed by atoms with Crippen LogP contribution in [0.1, 0.15) is 30.8 Å². The predicted octanol–water partition coefficient (Wildman–Crippen LogP) is 2.95. The fraction of sp³-hybridized carbons (Fsp3) is 0.312. The molecule has 132 valence electrons. The number of nitro benzene ring substituents is 1. The number of hydrogen-bond donors (Lipinski definition) is 2. The minimum atomic E-state index is -1.10. The summed E-state index contributed by atoms with van der Waals surface area (Å²) in [4.78, 5) is 38.0. The van der Waals surface area contributed by atoms with Crippen LogP contribution in [0.3, 0.4) is 0 Å². The van der Waals surface area contributed by atoms with Crippen LogP contribution in [-0.2, 0) is 4.79 Å². The number of rotatable bonds is 7. The lowest BCUT2D eigenvalue weighted by Crippen LogP contribution is -2.41. The number of nitrogens with one attached hydrogen (secondary N) is 1. The average molecular weight is 363 g/mol. The molecule has 0 bridgehead atoms. The van der Waals surface area contributed by atoms with Crippen LogP contribution >= 0.6 is 11.3 Å². The molecule has 0 fully saturated rings. The number of nitrogens with zero attached hydrogens (tertiary/aromatic N) is 2. The molecule has 0 aliphatic heterocycles. The van der Waals surface area contributed by atoms with E-state index in [1.807, 2.05) is 13.8 Å². The maximum absolute atomic E-state index is 12.2. The Labute approximate surface area is 147 Å². The summed E-state index contributed by atoms with van der Waals surface area (Å²) in [6.07, 6.45) is 0.308. The summed E-state index contributed by atoms with van der Waals surface area (Å²) in [6, 6.07) is 4.95. The second-order valence-corrected chi connectivity index (χ2v) is 6.70. The largest absolute Gasteiger partial charge is 0.480 e. The molecule has 0 aliphatic rings. The van der Waals surface area contributed by atoms with Gasteiger partial charge in [-0.3, -0.25) is 14.9 Å². The molecular weight excluding hydrogens is 346 g/mol. The number of carbonyl (C=O) groups excluding carboxylic acids is 1. The molecule has 9 heteroatoms. The molecule has 0 radical (unpaired) electrons. The van der Waals surface area contributed by atoms with E-state index in [9.17, 15) is 24.8 Å². The Morgan fingerprint density at radius 1 is 1.40 bits per heavy atom. The number of benzene rings is 1. The molecule has 25 heavy (non-hydrogen) atoms. The number of aromatic nitrogens is 1. The minimum Gasteiger partial charge on any atom is -0.480 e. The molecule has 0 saturated carbocycles. The highest BCUT2D eigenvalue weighted by Gasteiger charge is 2.23. The maximum atomic E-state index is 12.2. The third-order valence-electron chi connectivity index (χ3n) is 3.35. The van der Waals surface area contributed by atoms with Crippen LogP contribution in [0.25, 0.3) is 10.6 Å². The van der Waals surface area contributed by atoms with Crippen molar-refractivity contribution in [3.05, 3.63) is 45.5 Å². The van der Waals surface area contributed by atoms with Crippen LogP contribution in [0.15, 0.2) is 29.6 Å². The van der Waals surface area contributed by atoms with Crippen molar-refractivity contribution >= 4 is 28.9 Å². The van der Waals surface area contributed by atoms with E-state index in [1.54, 1.807) is 6.07 Å². The fourth-order valence-corrected chi connectivity index (χ4v) is 2.99. The number of hydrogen-bond acceptors (Lipinski definition) is 6. The average Bonchev–Trinajstić information content (AvgIpc) is 3.04. The number of amides is 1. The summed E-state index contributed by atoms with van der Waals surface area (Å²) in [5.41, 5.74) is 0.540. The van der Waals surface area contributed by atoms with Gasteiger partial charge >= 0.3 is 5.97 Å². The molecule has 0 unspecified atom stereocenters. The van der Waals surface area contributed by atoms with Crippen molar-refractivity contribution in [2.24, 2.45) is 5.92 Å². The zero-order valence-electron chi connectivity index (χ0n) is 13.6. The van der Waals surface area contributed by atoms with Crippen molar-refractivity contribution in [3.63, 3.8) is 0 Å². The van der Waals surface area contributed by atoms with Crippen molar-refractivity contribution in [2.45, 2.75) is 26.3 Å². The fourth-order valence-electron chi connectivity index (χ4n) is 2.19. The minimum absolute atomic E-state index is 0.0680. The Kier molecular flexibility index (Phi) is 5.81. The van der Waals surface area contributed by atoms with Crippen molar-refractivity contribution in [1.29, 1.82) is 0 Å². The van der Waals surface area contributed by atoms with Gasteiger partial charge in [-0.05, 0) is 12.3 Å². The van der Waals surface area contributed by atoms with Gasteiger partial charge in [0.25, 0.3) is 11.6 Å². The Morgan fingerprint density at radius 3 is 2.72 bits per heavy atom. The van der Waals surface area contributed by atoms with Crippen LogP contribution in [-0.4, -0.2) is 32.9 Å². The van der Waals surface area contributed by atoms with Gasteiger partial charge in [0, 0.05) is 23.1 Å². The zero-order valence-corrected chi connectivity index (χ0v) is 14.4. The SMILES string of the molecule is CC(C)C[C@@H](NC(=O)c1csc(-c2cccc([N+](=O)[O-])c2)n1)C(=O)O. The lowest BCUT2D eigenvalue weighted by Gasteiger charge is -2.15. The zero-order chi connectivity index (χ0) is 18.6. The van der Waals surface area contributed by atoms with Crippen molar-refractivity contribution < 1.29 is 19.6 Å². The summed E-state index contributed by atoms with van der Waals surface area (Å²) in [7, 11) is 0. The van der Waals surface area contributed by atoms with E-state index in [1.165, 1.54) is 23.6 Å². The summed E-state index contributed by atoms with van der Waals surface area (Å²) in [6.45, 7) is 3.73. The Hall–Kier alpha value is -2.81. The van der Waals surface area contributed by atoms with E-state index >= 15 is 0 Å². The van der Waals surface area contributed by atoms with E-state index in [4.69, 9.17) is 0 Å². The molecule has 8 nitrogen and oxygen atoms in total. The van der Waals surface area contributed by atoms with Gasteiger partial charge < -0.3 is 10.4 Å². The highest BCUT2D eigenvalue weighted by atomic mass is 32.1. The Bertz CT molecular complexity index is 803. The first kappa shape index (κ1) is 18.5. The van der Waals surface area contributed by atoms with E-state index in [0.29, 0.717) is 17.0 Å². The number of carboxylic acids is 1. The van der Waals surface area contributed by atoms with Gasteiger partial charge in [0.1, 0.15) is 16.7 Å². The van der Waals surface area contributed by atoms with Crippen LogP contribution in [0.4, 0.5) is 5.69 Å². The van der Waals surface area contributed by atoms with E-state index in [2.05, 4.69) is 10.3 Å². The molecular formula is C16H17N3O5S. The number of nitro groups is 1. The summed E-state index contributed by atoms with van der Waals surface area (Å²) >= 11 is 1.16. The summed E-state index contributed by atoms with van der Waals surface area (Å²) in [5.74, 6) is -1.57. The summed E-state index contributed by atoms with van der Waals surface area (Å²) in [5, 5.41) is 24.4. The van der Waals surface area contributed by atoms with Crippen LogP contribution in [0, 0.1) is 16.0 Å². The molecule has 0 spiro atoms. The third kappa shape index (κ3) is 4.83. The van der Waals surface area contributed by atoms with E-state index in [0.717, 1.165) is 11.3 Å². The first-order valence-corrected chi connectivity index (χ1v) is 8.40. The van der Waals surface area contributed by atoms with E-state index < -0.39 is 22.8 Å². The highest BCUT2D eigenvalue weighted by Crippen LogP contribution is 2.26. The number of thiazole rings is 1. The van der Waals surface area contributed by atoms with Crippen molar-refractivity contribution in [1.82, 2.24) is 10.3 Å². The first-order chi connectivity index (χ1) is 11.8. The number of aliphatic carboxylic acids is 1. The molecule has 1 amide bonds. The monoisotopic (exact) mass is 363 g/mol. The molecule has 2 rings (SSSR count). The first-order valence-electron chi connectivity index (χ1n) is 7.52. The van der Waals surface area contributed by atoms with Crippen molar-refractivity contribution in [2.75, 3.05) is 0 Å². The van der Waals surface area contributed by atoms with Gasteiger partial charge in [-0.25, -0.2) is 9.78 Å². The van der Waals surface area contributed by atoms with Crippen LogP contribution in [0.5, 0.6) is 0 Å². The topological polar surface area (TPSA) is 122 Å². The van der Waals surface area contributed by atoms with Gasteiger partial charge in [-0.15, -0.1) is 11.3 Å². The Morgan fingerprint density at radius 2 is 2.12 bits per heavy atom. The second-order valence-electron chi connectivity index (χ2n) is 5.84. The van der Waals surface area contributed by atoms with Crippen LogP contribution < -0.4 is 5.32 Å². The van der Waals surface area contributed by atoms with Crippen molar-refractivity contribution in [3.8, 4) is 10.6 Å². The van der Waals surface area contributed by atoms with E-state index in [-0.39, 0.29) is 17.3 Å². The van der Waals surface area contributed by atoms with Gasteiger partial charge in [0.2, 0.25) is 0 Å². The third-order valence-corrected chi connectivity index (χ3v) is 4.24. The quantitative estimate of drug-likeness (QED) is 0.576. The molecule has 0 saturated heterocycles. The number of carbonyl (C=O) groups is 2. The highest BCUT2D eigenvalue weighted by molar-refractivity contribution is 7.13. The van der Waals surface area contributed by atoms with Gasteiger partial charge in [-0.2, -0.15) is 0 Å². The number of carboxylic acid groups (broad SMARTS) is 1. The molecule has 2 N–H and O–H groups in total.